The fourth-order valence-electron chi connectivity index (χ4n) is 1.30. The molecule has 0 atom stereocenters. The number of nitrogens with zero attached hydrogens (tertiary/aromatic N) is 1. The van der Waals surface area contributed by atoms with Crippen molar-refractivity contribution in [3.8, 4) is 0 Å². The summed E-state index contributed by atoms with van der Waals surface area (Å²) in [5, 5.41) is 5.02. The lowest BCUT2D eigenvalue weighted by molar-refractivity contribution is 0.548. The predicted molar refractivity (Wildman–Crippen MR) is 68.8 cm³/mol. The van der Waals surface area contributed by atoms with Crippen LogP contribution >= 0.6 is 12.2 Å². The number of hydrogen-bond donors (Lipinski definition) is 2. The average molecular weight is 223 g/mol. The first kappa shape index (κ1) is 11.9. The molecule has 0 heterocycles. The Bertz CT molecular complexity index is 386. The van der Waals surface area contributed by atoms with E-state index >= 15 is 0 Å². The van der Waals surface area contributed by atoms with Crippen LogP contribution in [0.5, 0.6) is 0 Å². The molecular formula is C11H17N3S. The van der Waals surface area contributed by atoms with Crippen molar-refractivity contribution in [1.29, 1.82) is 0 Å². The molecule has 1 aromatic carbocycles. The van der Waals surface area contributed by atoms with Crippen LogP contribution in [0.4, 0.5) is 5.69 Å². The van der Waals surface area contributed by atoms with Gasteiger partial charge in [-0.05, 0) is 55.7 Å². The van der Waals surface area contributed by atoms with Gasteiger partial charge < -0.3 is 5.32 Å². The molecule has 0 fully saturated rings. The number of thiocarbonyl (C=S) groups is 1. The van der Waals surface area contributed by atoms with Gasteiger partial charge in [-0.15, -0.1) is 0 Å². The van der Waals surface area contributed by atoms with Crippen LogP contribution in [0.3, 0.4) is 0 Å². The molecule has 3 nitrogen and oxygen atoms in total. The first-order chi connectivity index (χ1) is 6.91. The SMILES string of the molecule is Cc1cc(C)c(NC(=S)N(C)N)cc1C. The van der Waals surface area contributed by atoms with Gasteiger partial charge in [-0.2, -0.15) is 0 Å². The Morgan fingerprint density at radius 3 is 2.27 bits per heavy atom. The van der Waals surface area contributed by atoms with Gasteiger partial charge in [-0.25, -0.2) is 5.84 Å². The van der Waals surface area contributed by atoms with Crippen LogP contribution in [-0.2, 0) is 0 Å². The first-order valence-electron chi connectivity index (χ1n) is 4.79. The molecule has 0 unspecified atom stereocenters. The highest BCUT2D eigenvalue weighted by molar-refractivity contribution is 7.80. The second-order valence-corrected chi connectivity index (χ2v) is 4.18. The monoisotopic (exact) mass is 223 g/mol. The van der Waals surface area contributed by atoms with Crippen molar-refractivity contribution < 1.29 is 0 Å². The van der Waals surface area contributed by atoms with Gasteiger partial charge >= 0.3 is 0 Å². The molecule has 0 radical (unpaired) electrons. The van der Waals surface area contributed by atoms with Gasteiger partial charge in [0.15, 0.2) is 5.11 Å². The third kappa shape index (κ3) is 2.91. The van der Waals surface area contributed by atoms with Crippen molar-refractivity contribution >= 4 is 23.0 Å². The third-order valence-electron chi connectivity index (χ3n) is 2.40. The predicted octanol–water partition coefficient (Wildman–Crippen LogP) is 2.11. The highest BCUT2D eigenvalue weighted by atomic mass is 32.1. The standard InChI is InChI=1S/C11H17N3S/c1-7-5-9(3)10(6-8(7)2)13-11(15)14(4)12/h5-6H,12H2,1-4H3,(H,13,15). The smallest absolute Gasteiger partial charge is 0.187 e. The van der Waals surface area contributed by atoms with Crippen LogP contribution in [0.2, 0.25) is 0 Å². The topological polar surface area (TPSA) is 41.3 Å². The van der Waals surface area contributed by atoms with Crippen LogP contribution in [0.1, 0.15) is 16.7 Å². The van der Waals surface area contributed by atoms with E-state index in [4.69, 9.17) is 18.1 Å². The Labute approximate surface area is 96.2 Å². The van der Waals surface area contributed by atoms with Gasteiger partial charge in [0.2, 0.25) is 0 Å². The number of anilines is 1. The maximum absolute atomic E-state index is 5.53. The molecule has 0 amide bonds. The normalized spacial score (nSPS) is 9.93. The molecular weight excluding hydrogens is 206 g/mol. The van der Waals surface area contributed by atoms with Crippen molar-refractivity contribution in [2.45, 2.75) is 20.8 Å². The van der Waals surface area contributed by atoms with Crippen molar-refractivity contribution in [1.82, 2.24) is 5.01 Å². The van der Waals surface area contributed by atoms with Crippen LogP contribution < -0.4 is 11.2 Å². The summed E-state index contributed by atoms with van der Waals surface area (Å²) >= 11 is 5.09. The number of aryl methyl sites for hydroxylation is 3. The van der Waals surface area contributed by atoms with Gasteiger partial charge in [-0.3, -0.25) is 5.01 Å². The van der Waals surface area contributed by atoms with Crippen LogP contribution in [-0.4, -0.2) is 17.2 Å². The van der Waals surface area contributed by atoms with Gasteiger partial charge in [0.25, 0.3) is 0 Å². The molecule has 0 aliphatic carbocycles. The summed E-state index contributed by atoms with van der Waals surface area (Å²) in [6.07, 6.45) is 0. The van der Waals surface area contributed by atoms with Gasteiger partial charge in [0.1, 0.15) is 0 Å². The van der Waals surface area contributed by atoms with E-state index in [0.29, 0.717) is 5.11 Å². The Morgan fingerprint density at radius 1 is 1.20 bits per heavy atom. The van der Waals surface area contributed by atoms with Crippen LogP contribution in [0.25, 0.3) is 0 Å². The first-order valence-corrected chi connectivity index (χ1v) is 5.20. The van der Waals surface area contributed by atoms with Gasteiger partial charge in [-0.1, -0.05) is 6.07 Å². The molecule has 3 N–H and O–H groups in total. The van der Waals surface area contributed by atoms with E-state index in [2.05, 4.69) is 31.3 Å². The summed E-state index contributed by atoms with van der Waals surface area (Å²) in [6.45, 7) is 6.22. The Hall–Kier alpha value is -1.13. The molecule has 82 valence electrons. The minimum atomic E-state index is 0.515. The molecule has 0 aromatic heterocycles. The summed E-state index contributed by atoms with van der Waals surface area (Å²) in [5.41, 5.74) is 4.71. The Balaban J connectivity index is 2.96. The van der Waals surface area contributed by atoms with E-state index in [0.717, 1.165) is 5.69 Å². The van der Waals surface area contributed by atoms with Crippen LogP contribution in [0, 0.1) is 20.8 Å². The Morgan fingerprint density at radius 2 is 1.73 bits per heavy atom. The number of hydrazine groups is 1. The molecule has 0 spiro atoms. The molecule has 1 aromatic rings. The van der Waals surface area contributed by atoms with Crippen molar-refractivity contribution in [2.24, 2.45) is 5.84 Å². The van der Waals surface area contributed by atoms with E-state index in [9.17, 15) is 0 Å². The zero-order valence-corrected chi connectivity index (χ0v) is 10.4. The molecule has 0 aliphatic rings. The molecule has 0 saturated heterocycles. The van der Waals surface area contributed by atoms with Crippen LogP contribution in [0.15, 0.2) is 12.1 Å². The summed E-state index contributed by atoms with van der Waals surface area (Å²) in [6, 6.07) is 4.22. The number of rotatable bonds is 1. The van der Waals surface area contributed by atoms with E-state index < -0.39 is 0 Å². The zero-order valence-electron chi connectivity index (χ0n) is 9.59. The quantitative estimate of drug-likeness (QED) is 0.435. The van der Waals surface area contributed by atoms with E-state index in [-0.39, 0.29) is 0 Å². The maximum atomic E-state index is 5.53. The lowest BCUT2D eigenvalue weighted by atomic mass is 10.1. The third-order valence-corrected chi connectivity index (χ3v) is 2.79. The summed E-state index contributed by atoms with van der Waals surface area (Å²) in [4.78, 5) is 0. The minimum absolute atomic E-state index is 0.515. The highest BCUT2D eigenvalue weighted by Crippen LogP contribution is 2.20. The second kappa shape index (κ2) is 4.59. The van der Waals surface area contributed by atoms with E-state index in [1.54, 1.807) is 7.05 Å². The summed E-state index contributed by atoms with van der Waals surface area (Å²) in [5.74, 6) is 5.53. The van der Waals surface area contributed by atoms with E-state index in [1.165, 1.54) is 21.7 Å². The molecule has 15 heavy (non-hydrogen) atoms. The van der Waals surface area contributed by atoms with Crippen molar-refractivity contribution in [3.63, 3.8) is 0 Å². The lowest BCUT2D eigenvalue weighted by Gasteiger charge is -2.17. The highest BCUT2D eigenvalue weighted by Gasteiger charge is 2.04. The number of hydrogen-bond acceptors (Lipinski definition) is 2. The second-order valence-electron chi connectivity index (χ2n) is 3.79. The van der Waals surface area contributed by atoms with Crippen molar-refractivity contribution in [2.75, 3.05) is 12.4 Å². The maximum Gasteiger partial charge on any atom is 0.187 e. The number of nitrogens with two attached hydrogens (primary N) is 1. The largest absolute Gasteiger partial charge is 0.331 e. The fourth-order valence-corrected chi connectivity index (χ4v) is 1.41. The molecule has 0 bridgehead atoms. The van der Waals surface area contributed by atoms with Gasteiger partial charge in [0.05, 0.1) is 0 Å². The van der Waals surface area contributed by atoms with E-state index in [1.807, 2.05) is 6.92 Å². The number of nitrogens with one attached hydrogen (secondary N) is 1. The molecule has 4 heteroatoms. The van der Waals surface area contributed by atoms with Crippen molar-refractivity contribution in [3.05, 3.63) is 28.8 Å². The summed E-state index contributed by atoms with van der Waals surface area (Å²) in [7, 11) is 1.71. The molecule has 0 saturated carbocycles. The summed E-state index contributed by atoms with van der Waals surface area (Å²) < 4.78 is 0. The fraction of sp³-hybridized carbons (Fsp3) is 0.364. The lowest BCUT2D eigenvalue weighted by Crippen LogP contribution is -2.36. The average Bonchev–Trinajstić information content (AvgIpc) is 2.13. The van der Waals surface area contributed by atoms with Gasteiger partial charge in [0, 0.05) is 12.7 Å². The Kier molecular flexibility index (Phi) is 3.66. The molecule has 0 aliphatic heterocycles. The molecule has 1 rings (SSSR count). The zero-order chi connectivity index (χ0) is 11.6. The number of benzene rings is 1. The minimum Gasteiger partial charge on any atom is -0.331 e.